The van der Waals surface area contributed by atoms with Gasteiger partial charge in [-0.2, -0.15) is 13.2 Å². The number of nitrogens with zero attached hydrogens (tertiary/aromatic N) is 2. The maximum absolute atomic E-state index is 12.6. The van der Waals surface area contributed by atoms with Gasteiger partial charge in [0, 0.05) is 18.4 Å². The van der Waals surface area contributed by atoms with Gasteiger partial charge in [0.15, 0.2) is 5.96 Å². The summed E-state index contributed by atoms with van der Waals surface area (Å²) in [4.78, 5) is 8.15. The minimum atomic E-state index is -4.36. The van der Waals surface area contributed by atoms with Crippen molar-refractivity contribution in [3.63, 3.8) is 0 Å². The Morgan fingerprint density at radius 1 is 1.22 bits per heavy atom. The van der Waals surface area contributed by atoms with Gasteiger partial charge in [-0.3, -0.25) is 4.98 Å². The van der Waals surface area contributed by atoms with Crippen molar-refractivity contribution in [3.05, 3.63) is 65.0 Å². The van der Waals surface area contributed by atoms with Crippen LogP contribution in [0.3, 0.4) is 0 Å². The Bertz CT molecular complexity index is 696. The van der Waals surface area contributed by atoms with Crippen LogP contribution < -0.4 is 11.1 Å². The molecule has 3 N–H and O–H groups in total. The summed E-state index contributed by atoms with van der Waals surface area (Å²) >= 11 is 0. The largest absolute Gasteiger partial charge is 0.416 e. The van der Waals surface area contributed by atoms with Crippen LogP contribution in [-0.2, 0) is 19.3 Å². The van der Waals surface area contributed by atoms with Gasteiger partial charge in [-0.05, 0) is 42.3 Å². The third kappa shape index (κ3) is 5.28. The van der Waals surface area contributed by atoms with Crippen LogP contribution in [0.1, 0.15) is 22.4 Å². The molecule has 2 rings (SSSR count). The lowest BCUT2D eigenvalue weighted by atomic mass is 10.1. The van der Waals surface area contributed by atoms with Crippen LogP contribution in [-0.4, -0.2) is 10.9 Å². The Morgan fingerprint density at radius 2 is 2.00 bits per heavy atom. The first-order valence-corrected chi connectivity index (χ1v) is 6.96. The first-order valence-electron chi connectivity index (χ1n) is 6.96. The molecule has 7 heteroatoms. The van der Waals surface area contributed by atoms with Crippen molar-refractivity contribution >= 4 is 5.96 Å². The zero-order chi connectivity index (χ0) is 16.9. The molecule has 0 saturated heterocycles. The van der Waals surface area contributed by atoms with E-state index in [1.807, 2.05) is 19.1 Å². The molecule has 0 radical (unpaired) electrons. The molecular weight excluding hydrogens is 305 g/mol. The van der Waals surface area contributed by atoms with Crippen molar-refractivity contribution in [1.82, 2.24) is 10.3 Å². The molecule has 0 saturated carbocycles. The third-order valence-corrected chi connectivity index (χ3v) is 3.12. The van der Waals surface area contributed by atoms with Gasteiger partial charge in [-0.1, -0.05) is 12.1 Å². The second-order valence-electron chi connectivity index (χ2n) is 5.06. The van der Waals surface area contributed by atoms with Crippen molar-refractivity contribution in [2.45, 2.75) is 26.2 Å². The normalized spacial score (nSPS) is 12.3. The van der Waals surface area contributed by atoms with Crippen LogP contribution in [0.2, 0.25) is 0 Å². The van der Waals surface area contributed by atoms with E-state index in [-0.39, 0.29) is 12.5 Å². The number of rotatable bonds is 4. The number of halogens is 3. The standard InChI is InChI=1S/C16H17F3N4/c1-11-7-13(5-6-21-11)10-23-15(20)22-9-12-3-2-4-14(8-12)16(17,18)19/h2-8H,9-10H2,1H3,(H3,20,22,23). The number of nitrogens with two attached hydrogens (primary N) is 1. The second-order valence-corrected chi connectivity index (χ2v) is 5.06. The summed E-state index contributed by atoms with van der Waals surface area (Å²) in [6.45, 7) is 2.44. The number of aryl methyl sites for hydroxylation is 1. The van der Waals surface area contributed by atoms with Crippen LogP contribution in [0.25, 0.3) is 0 Å². The molecule has 0 atom stereocenters. The molecule has 23 heavy (non-hydrogen) atoms. The van der Waals surface area contributed by atoms with Crippen molar-refractivity contribution in [1.29, 1.82) is 0 Å². The summed E-state index contributed by atoms with van der Waals surface area (Å²) in [6.07, 6.45) is -2.66. The highest BCUT2D eigenvalue weighted by molar-refractivity contribution is 5.77. The Morgan fingerprint density at radius 3 is 2.70 bits per heavy atom. The van der Waals surface area contributed by atoms with Crippen LogP contribution >= 0.6 is 0 Å². The molecule has 1 aromatic carbocycles. The van der Waals surface area contributed by atoms with Gasteiger partial charge in [0.05, 0.1) is 12.1 Å². The van der Waals surface area contributed by atoms with Gasteiger partial charge in [-0.25, -0.2) is 4.99 Å². The molecule has 0 bridgehead atoms. The number of aromatic nitrogens is 1. The molecule has 0 spiro atoms. The molecule has 0 aliphatic rings. The summed E-state index contributed by atoms with van der Waals surface area (Å²) < 4.78 is 37.9. The number of pyridine rings is 1. The van der Waals surface area contributed by atoms with Crippen molar-refractivity contribution < 1.29 is 13.2 Å². The van der Waals surface area contributed by atoms with E-state index < -0.39 is 11.7 Å². The molecule has 0 aliphatic carbocycles. The number of hydrogen-bond acceptors (Lipinski definition) is 2. The maximum Gasteiger partial charge on any atom is 0.416 e. The van der Waals surface area contributed by atoms with E-state index in [2.05, 4.69) is 15.3 Å². The van der Waals surface area contributed by atoms with Crippen LogP contribution in [0.15, 0.2) is 47.6 Å². The minimum absolute atomic E-state index is 0.0815. The van der Waals surface area contributed by atoms with E-state index in [0.29, 0.717) is 12.1 Å². The quantitative estimate of drug-likeness (QED) is 0.672. The highest BCUT2D eigenvalue weighted by atomic mass is 19.4. The van der Waals surface area contributed by atoms with Crippen LogP contribution in [0, 0.1) is 6.92 Å². The van der Waals surface area contributed by atoms with E-state index in [1.165, 1.54) is 6.07 Å². The molecule has 0 fully saturated rings. The zero-order valence-corrected chi connectivity index (χ0v) is 12.6. The first-order chi connectivity index (χ1) is 10.8. The smallest absolute Gasteiger partial charge is 0.370 e. The average molecular weight is 322 g/mol. The fraction of sp³-hybridized carbons (Fsp3) is 0.250. The first kappa shape index (κ1) is 16.8. The van der Waals surface area contributed by atoms with E-state index in [0.717, 1.165) is 23.4 Å². The van der Waals surface area contributed by atoms with Crippen molar-refractivity contribution in [2.75, 3.05) is 0 Å². The Balaban J connectivity index is 1.94. The maximum atomic E-state index is 12.6. The molecule has 4 nitrogen and oxygen atoms in total. The fourth-order valence-corrected chi connectivity index (χ4v) is 1.99. The molecule has 122 valence electrons. The van der Waals surface area contributed by atoms with E-state index in [1.54, 1.807) is 12.3 Å². The fourth-order valence-electron chi connectivity index (χ4n) is 1.99. The molecule has 0 aliphatic heterocycles. The van der Waals surface area contributed by atoms with Gasteiger partial charge in [0.25, 0.3) is 0 Å². The summed E-state index contributed by atoms with van der Waals surface area (Å²) in [5, 5.41) is 2.92. The molecule has 1 aromatic heterocycles. The van der Waals surface area contributed by atoms with E-state index in [4.69, 9.17) is 5.73 Å². The highest BCUT2D eigenvalue weighted by Gasteiger charge is 2.30. The summed E-state index contributed by atoms with van der Waals surface area (Å²) in [5.41, 5.74) is 7.38. The number of aliphatic imine (C=N–C) groups is 1. The van der Waals surface area contributed by atoms with Gasteiger partial charge < -0.3 is 11.1 Å². The number of nitrogens with one attached hydrogen (secondary N) is 1. The monoisotopic (exact) mass is 322 g/mol. The SMILES string of the molecule is Cc1cc(CNC(N)=NCc2cccc(C(F)(F)F)c2)ccn1. The second kappa shape index (κ2) is 7.13. The number of guanidine groups is 1. The Kier molecular flexibility index (Phi) is 5.20. The zero-order valence-electron chi connectivity index (χ0n) is 12.6. The lowest BCUT2D eigenvalue weighted by molar-refractivity contribution is -0.137. The third-order valence-electron chi connectivity index (χ3n) is 3.12. The molecule has 0 unspecified atom stereocenters. The summed E-state index contributed by atoms with van der Waals surface area (Å²) in [6, 6.07) is 8.80. The minimum Gasteiger partial charge on any atom is -0.370 e. The topological polar surface area (TPSA) is 63.3 Å². The van der Waals surface area contributed by atoms with Gasteiger partial charge in [-0.15, -0.1) is 0 Å². The Labute approximate surface area is 132 Å². The van der Waals surface area contributed by atoms with Crippen molar-refractivity contribution in [2.24, 2.45) is 10.7 Å². The average Bonchev–Trinajstić information content (AvgIpc) is 2.50. The molecular formula is C16H17F3N4. The lowest BCUT2D eigenvalue weighted by Gasteiger charge is -2.08. The van der Waals surface area contributed by atoms with Gasteiger partial charge >= 0.3 is 6.18 Å². The number of hydrogen-bond donors (Lipinski definition) is 2. The van der Waals surface area contributed by atoms with Gasteiger partial charge in [0.1, 0.15) is 0 Å². The van der Waals surface area contributed by atoms with Crippen LogP contribution in [0.4, 0.5) is 13.2 Å². The van der Waals surface area contributed by atoms with Crippen molar-refractivity contribution in [3.8, 4) is 0 Å². The van der Waals surface area contributed by atoms with E-state index >= 15 is 0 Å². The Hall–Kier alpha value is -2.57. The molecule has 0 amide bonds. The molecule has 1 heterocycles. The summed E-state index contributed by atoms with van der Waals surface area (Å²) in [7, 11) is 0. The van der Waals surface area contributed by atoms with Gasteiger partial charge in [0.2, 0.25) is 0 Å². The predicted molar refractivity (Wildman–Crippen MR) is 82.6 cm³/mol. The molecule has 2 aromatic rings. The van der Waals surface area contributed by atoms with Crippen LogP contribution in [0.5, 0.6) is 0 Å². The predicted octanol–water partition coefficient (Wildman–Crippen LogP) is 3.01. The summed E-state index contributed by atoms with van der Waals surface area (Å²) in [5.74, 6) is 0.178. The highest BCUT2D eigenvalue weighted by Crippen LogP contribution is 2.29. The number of alkyl halides is 3. The number of benzene rings is 1. The lowest BCUT2D eigenvalue weighted by Crippen LogP contribution is -2.31. The van der Waals surface area contributed by atoms with E-state index in [9.17, 15) is 13.2 Å².